The Hall–Kier alpha value is -0.330. The minimum absolute atomic E-state index is 0.0869. The molecule has 1 aliphatic rings. The lowest BCUT2D eigenvalue weighted by Gasteiger charge is -2.12. The predicted molar refractivity (Wildman–Crippen MR) is 67.6 cm³/mol. The van der Waals surface area contributed by atoms with Crippen LogP contribution in [0.2, 0.25) is 5.02 Å². The molecule has 1 aliphatic heterocycles. The highest BCUT2D eigenvalue weighted by Crippen LogP contribution is 2.25. The minimum Gasteiger partial charge on any atom is -0.365 e. The first-order chi connectivity index (χ1) is 7.46. The van der Waals surface area contributed by atoms with E-state index in [4.69, 9.17) is 11.6 Å². The molecule has 7 heteroatoms. The fourth-order valence-electron chi connectivity index (χ4n) is 1.62. The number of anilines is 1. The molecule has 1 N–H and O–H groups in total. The van der Waals surface area contributed by atoms with Crippen LogP contribution in [0, 0.1) is 0 Å². The third kappa shape index (κ3) is 2.87. The second-order valence-electron chi connectivity index (χ2n) is 3.73. The van der Waals surface area contributed by atoms with E-state index in [0.717, 1.165) is 4.47 Å². The van der Waals surface area contributed by atoms with Crippen LogP contribution < -0.4 is 5.32 Å². The van der Waals surface area contributed by atoms with Crippen molar-refractivity contribution in [2.24, 2.45) is 0 Å². The molecule has 88 valence electrons. The van der Waals surface area contributed by atoms with Gasteiger partial charge in [-0.05, 0) is 28.4 Å². The summed E-state index contributed by atoms with van der Waals surface area (Å²) in [5.74, 6) is 0.923. The summed E-state index contributed by atoms with van der Waals surface area (Å²) in [6, 6.07) is 1.64. The number of pyridine rings is 1. The molecule has 0 amide bonds. The number of nitrogens with one attached hydrogen (secondary N) is 1. The highest BCUT2D eigenvalue weighted by Gasteiger charge is 2.28. The largest absolute Gasteiger partial charge is 0.365 e. The van der Waals surface area contributed by atoms with Crippen LogP contribution in [0.3, 0.4) is 0 Å². The first-order valence-electron chi connectivity index (χ1n) is 4.74. The molecule has 0 aliphatic carbocycles. The standard InChI is InChI=1S/C9H10BrClN2O2S/c10-6-3-8(11)9(12-4-6)13-7-1-2-16(14,15)5-7/h3-4,7H,1-2,5H2,(H,12,13). The number of aromatic nitrogens is 1. The van der Waals surface area contributed by atoms with Crippen LogP contribution in [0.25, 0.3) is 0 Å². The van der Waals surface area contributed by atoms with Crippen molar-refractivity contribution in [2.75, 3.05) is 16.8 Å². The van der Waals surface area contributed by atoms with Gasteiger partial charge in [0.2, 0.25) is 0 Å². The molecule has 2 rings (SSSR count). The maximum Gasteiger partial charge on any atom is 0.152 e. The lowest BCUT2D eigenvalue weighted by molar-refractivity contribution is 0.602. The van der Waals surface area contributed by atoms with Crippen LogP contribution in [-0.4, -0.2) is 30.9 Å². The summed E-state index contributed by atoms with van der Waals surface area (Å²) in [7, 11) is -2.88. The van der Waals surface area contributed by atoms with Crippen LogP contribution in [0.1, 0.15) is 6.42 Å². The summed E-state index contributed by atoms with van der Waals surface area (Å²) < 4.78 is 23.3. The zero-order valence-corrected chi connectivity index (χ0v) is 11.4. The van der Waals surface area contributed by atoms with Gasteiger partial charge in [-0.15, -0.1) is 0 Å². The molecule has 1 fully saturated rings. The van der Waals surface area contributed by atoms with Gasteiger partial charge in [0.05, 0.1) is 16.5 Å². The van der Waals surface area contributed by atoms with Crippen molar-refractivity contribution >= 4 is 43.2 Å². The number of halogens is 2. The summed E-state index contributed by atoms with van der Waals surface area (Å²) in [6.07, 6.45) is 2.23. The molecule has 1 unspecified atom stereocenters. The van der Waals surface area contributed by atoms with Crippen molar-refractivity contribution in [3.05, 3.63) is 21.8 Å². The summed E-state index contributed by atoms with van der Waals surface area (Å²) >= 11 is 9.23. The predicted octanol–water partition coefficient (Wildman–Crippen LogP) is 2.10. The van der Waals surface area contributed by atoms with Gasteiger partial charge in [-0.3, -0.25) is 0 Å². The van der Waals surface area contributed by atoms with E-state index >= 15 is 0 Å². The van der Waals surface area contributed by atoms with Crippen LogP contribution in [0.4, 0.5) is 5.82 Å². The normalized spacial score (nSPS) is 23.2. The second kappa shape index (κ2) is 4.50. The summed E-state index contributed by atoms with van der Waals surface area (Å²) in [4.78, 5) is 4.10. The molecule has 16 heavy (non-hydrogen) atoms. The van der Waals surface area contributed by atoms with Gasteiger partial charge in [0.1, 0.15) is 5.82 Å². The second-order valence-corrected chi connectivity index (χ2v) is 7.28. The topological polar surface area (TPSA) is 59.1 Å². The van der Waals surface area contributed by atoms with Crippen molar-refractivity contribution in [2.45, 2.75) is 12.5 Å². The summed E-state index contributed by atoms with van der Waals surface area (Å²) in [6.45, 7) is 0. The molecule has 4 nitrogen and oxygen atoms in total. The number of sulfone groups is 1. The number of hydrogen-bond acceptors (Lipinski definition) is 4. The van der Waals surface area contributed by atoms with E-state index < -0.39 is 9.84 Å². The van der Waals surface area contributed by atoms with Crippen LogP contribution >= 0.6 is 27.5 Å². The van der Waals surface area contributed by atoms with E-state index in [9.17, 15) is 8.42 Å². The van der Waals surface area contributed by atoms with Gasteiger partial charge < -0.3 is 5.32 Å². The Bertz CT molecular complexity index is 506. The first-order valence-corrected chi connectivity index (χ1v) is 7.73. The van der Waals surface area contributed by atoms with Gasteiger partial charge in [-0.2, -0.15) is 0 Å². The zero-order chi connectivity index (χ0) is 11.8. The third-order valence-corrected chi connectivity index (χ3v) is 4.87. The molecule has 0 saturated carbocycles. The van der Waals surface area contributed by atoms with Crippen molar-refractivity contribution in [1.29, 1.82) is 0 Å². The Balaban J connectivity index is 2.11. The van der Waals surface area contributed by atoms with E-state index in [1.165, 1.54) is 0 Å². The SMILES string of the molecule is O=S1(=O)CCC(Nc2ncc(Br)cc2Cl)C1. The van der Waals surface area contributed by atoms with Crippen molar-refractivity contribution in [3.8, 4) is 0 Å². The Labute approximate surface area is 107 Å². The van der Waals surface area contributed by atoms with Crippen molar-refractivity contribution < 1.29 is 8.42 Å². The summed E-state index contributed by atoms with van der Waals surface area (Å²) in [5.41, 5.74) is 0. The average molecular weight is 326 g/mol. The lowest BCUT2D eigenvalue weighted by Crippen LogP contribution is -2.21. The highest BCUT2D eigenvalue weighted by molar-refractivity contribution is 9.10. The molecule has 1 aromatic heterocycles. The maximum absolute atomic E-state index is 11.3. The van der Waals surface area contributed by atoms with Crippen LogP contribution in [0.5, 0.6) is 0 Å². The van der Waals surface area contributed by atoms with Crippen molar-refractivity contribution in [3.63, 3.8) is 0 Å². The lowest BCUT2D eigenvalue weighted by atomic mass is 10.2. The van der Waals surface area contributed by atoms with Gasteiger partial charge in [-0.25, -0.2) is 13.4 Å². The van der Waals surface area contributed by atoms with Crippen molar-refractivity contribution in [1.82, 2.24) is 4.98 Å². The summed E-state index contributed by atoms with van der Waals surface area (Å²) in [5, 5.41) is 3.53. The molecule has 1 aromatic rings. The van der Waals surface area contributed by atoms with Crippen LogP contribution in [-0.2, 0) is 9.84 Å². The average Bonchev–Trinajstić information content (AvgIpc) is 2.51. The molecule has 0 spiro atoms. The molecular weight excluding hydrogens is 316 g/mol. The molecule has 1 saturated heterocycles. The van der Waals surface area contributed by atoms with E-state index in [1.54, 1.807) is 12.3 Å². The van der Waals surface area contributed by atoms with Gasteiger partial charge in [0, 0.05) is 16.7 Å². The number of hydrogen-bond donors (Lipinski definition) is 1. The maximum atomic E-state index is 11.3. The Morgan fingerprint density at radius 2 is 2.31 bits per heavy atom. The van der Waals surface area contributed by atoms with Gasteiger partial charge >= 0.3 is 0 Å². The molecular formula is C9H10BrClN2O2S. The molecule has 0 aromatic carbocycles. The highest BCUT2D eigenvalue weighted by atomic mass is 79.9. The van der Waals surface area contributed by atoms with E-state index in [1.807, 2.05) is 0 Å². The first kappa shape index (κ1) is 12.1. The van der Waals surface area contributed by atoms with Gasteiger partial charge in [0.15, 0.2) is 9.84 Å². The minimum atomic E-state index is -2.88. The fraction of sp³-hybridized carbons (Fsp3) is 0.444. The van der Waals surface area contributed by atoms with E-state index in [0.29, 0.717) is 17.3 Å². The number of nitrogens with zero attached hydrogens (tertiary/aromatic N) is 1. The smallest absolute Gasteiger partial charge is 0.152 e. The fourth-order valence-corrected chi connectivity index (χ4v) is 3.98. The van der Waals surface area contributed by atoms with Gasteiger partial charge in [0.25, 0.3) is 0 Å². The number of rotatable bonds is 2. The Morgan fingerprint density at radius 1 is 1.56 bits per heavy atom. The van der Waals surface area contributed by atoms with E-state index in [2.05, 4.69) is 26.2 Å². The zero-order valence-electron chi connectivity index (χ0n) is 8.28. The Morgan fingerprint density at radius 3 is 2.88 bits per heavy atom. The van der Waals surface area contributed by atoms with Crippen LogP contribution in [0.15, 0.2) is 16.7 Å². The molecule has 0 radical (unpaired) electrons. The van der Waals surface area contributed by atoms with E-state index in [-0.39, 0.29) is 17.5 Å². The monoisotopic (exact) mass is 324 g/mol. The quantitative estimate of drug-likeness (QED) is 0.904. The Kier molecular flexibility index (Phi) is 3.42. The van der Waals surface area contributed by atoms with Gasteiger partial charge in [-0.1, -0.05) is 11.6 Å². The molecule has 2 heterocycles. The molecule has 1 atom stereocenters. The third-order valence-electron chi connectivity index (χ3n) is 2.38. The molecule has 0 bridgehead atoms.